The Labute approximate surface area is 119 Å². The molecule has 3 N–H and O–H groups in total. The van der Waals surface area contributed by atoms with E-state index in [0.29, 0.717) is 5.92 Å². The smallest absolute Gasteiger partial charge is 0.256 e. The van der Waals surface area contributed by atoms with Gasteiger partial charge in [-0.25, -0.2) is 10.2 Å². The average Bonchev–Trinajstić information content (AvgIpc) is 2.35. The van der Waals surface area contributed by atoms with Crippen LogP contribution in [0, 0.1) is 5.82 Å². The molecule has 20 heavy (non-hydrogen) atoms. The summed E-state index contributed by atoms with van der Waals surface area (Å²) in [5, 5.41) is 0. The number of nitrogens with zero attached hydrogens (tertiary/aromatic N) is 1. The summed E-state index contributed by atoms with van der Waals surface area (Å²) >= 11 is 0. The van der Waals surface area contributed by atoms with Crippen LogP contribution in [0.1, 0.15) is 45.6 Å². The number of hydrazine groups is 1. The lowest BCUT2D eigenvalue weighted by atomic mass is 9.79. The monoisotopic (exact) mass is 279 g/mol. The number of fused-ring (bicyclic) bond motifs is 1. The van der Waals surface area contributed by atoms with E-state index in [0.717, 1.165) is 17.7 Å². The molecule has 0 aromatic heterocycles. The zero-order valence-corrected chi connectivity index (χ0v) is 12.4. The Balaban J connectivity index is 2.56. The molecular weight excluding hydrogens is 257 g/mol. The van der Waals surface area contributed by atoms with Gasteiger partial charge >= 0.3 is 0 Å². The molecule has 1 aliphatic rings. The van der Waals surface area contributed by atoms with Crippen LogP contribution in [0.15, 0.2) is 18.2 Å². The molecule has 1 aromatic carbocycles. The molecule has 1 aliphatic heterocycles. The van der Waals surface area contributed by atoms with E-state index in [-0.39, 0.29) is 17.3 Å². The van der Waals surface area contributed by atoms with Crippen molar-refractivity contribution in [1.29, 1.82) is 0 Å². The summed E-state index contributed by atoms with van der Waals surface area (Å²) in [5.74, 6) is 5.00. The Hall–Kier alpha value is -1.62. The molecule has 0 bridgehead atoms. The number of nitrogens with one attached hydrogen (secondary N) is 1. The van der Waals surface area contributed by atoms with Crippen LogP contribution in [0.3, 0.4) is 0 Å². The highest BCUT2D eigenvalue weighted by atomic mass is 19.1. The number of hydrogen-bond donors (Lipinski definition) is 2. The number of carbonyl (C=O) groups excluding carboxylic acids is 1. The molecule has 2 unspecified atom stereocenters. The number of nitrogens with two attached hydrogens (primary N) is 1. The lowest BCUT2D eigenvalue weighted by Crippen LogP contribution is -2.58. The van der Waals surface area contributed by atoms with Crippen LogP contribution in [-0.2, 0) is 4.79 Å². The lowest BCUT2D eigenvalue weighted by molar-refractivity contribution is -0.122. The van der Waals surface area contributed by atoms with Gasteiger partial charge in [0.05, 0.1) is 0 Å². The molecule has 1 aromatic rings. The highest BCUT2D eigenvalue weighted by Crippen LogP contribution is 2.44. The Kier molecular flexibility index (Phi) is 3.73. The lowest BCUT2D eigenvalue weighted by Gasteiger charge is -2.49. The zero-order valence-electron chi connectivity index (χ0n) is 12.4. The fourth-order valence-corrected chi connectivity index (χ4v) is 3.40. The molecule has 5 heteroatoms. The summed E-state index contributed by atoms with van der Waals surface area (Å²) in [6.45, 7) is 8.05. The summed E-state index contributed by atoms with van der Waals surface area (Å²) in [4.78, 5) is 13.9. The van der Waals surface area contributed by atoms with Crippen molar-refractivity contribution in [3.05, 3.63) is 29.6 Å². The van der Waals surface area contributed by atoms with Crippen molar-refractivity contribution in [3.63, 3.8) is 0 Å². The van der Waals surface area contributed by atoms with Gasteiger partial charge in [-0.15, -0.1) is 0 Å². The summed E-state index contributed by atoms with van der Waals surface area (Å²) in [6, 6.07) is 4.33. The van der Waals surface area contributed by atoms with Crippen molar-refractivity contribution >= 4 is 11.6 Å². The second kappa shape index (κ2) is 5.05. The van der Waals surface area contributed by atoms with Crippen LogP contribution >= 0.6 is 0 Å². The standard InChI is InChI=1S/C15H22FN3O/c1-9-8-15(3,4)19(10(2)14(20)18-17)13-7-11(16)5-6-12(9)13/h5-7,9-10H,8,17H2,1-4H3,(H,18,20). The van der Waals surface area contributed by atoms with Crippen LogP contribution in [0.5, 0.6) is 0 Å². The minimum absolute atomic E-state index is 0.244. The second-order valence-corrected chi connectivity index (χ2v) is 6.18. The Morgan fingerprint density at radius 3 is 2.80 bits per heavy atom. The van der Waals surface area contributed by atoms with Crippen molar-refractivity contribution in [2.75, 3.05) is 4.90 Å². The predicted molar refractivity (Wildman–Crippen MR) is 77.8 cm³/mol. The molecule has 4 nitrogen and oxygen atoms in total. The van der Waals surface area contributed by atoms with Gasteiger partial charge in [-0.2, -0.15) is 0 Å². The van der Waals surface area contributed by atoms with Gasteiger partial charge in [0.2, 0.25) is 0 Å². The SMILES string of the molecule is CC1CC(C)(C)N(C(C)C(=O)NN)c2cc(F)ccc21. The first-order valence-corrected chi connectivity index (χ1v) is 6.87. The maximum atomic E-state index is 13.6. The normalized spacial score (nSPS) is 22.1. The Bertz CT molecular complexity index is 530. The van der Waals surface area contributed by atoms with Crippen molar-refractivity contribution in [2.24, 2.45) is 5.84 Å². The van der Waals surface area contributed by atoms with E-state index in [4.69, 9.17) is 5.84 Å². The van der Waals surface area contributed by atoms with E-state index in [2.05, 4.69) is 26.2 Å². The van der Waals surface area contributed by atoms with E-state index in [1.807, 2.05) is 11.0 Å². The third kappa shape index (κ3) is 2.38. The van der Waals surface area contributed by atoms with Crippen LogP contribution in [0.2, 0.25) is 0 Å². The number of carbonyl (C=O) groups is 1. The Morgan fingerprint density at radius 1 is 1.55 bits per heavy atom. The van der Waals surface area contributed by atoms with Crippen molar-refractivity contribution in [1.82, 2.24) is 5.43 Å². The summed E-state index contributed by atoms with van der Waals surface area (Å²) in [5.41, 5.74) is 3.79. The zero-order chi connectivity index (χ0) is 15.1. The molecule has 1 amide bonds. The van der Waals surface area contributed by atoms with Gasteiger partial charge in [0, 0.05) is 11.2 Å². The molecule has 0 spiro atoms. The minimum Gasteiger partial charge on any atom is -0.354 e. The number of anilines is 1. The molecular formula is C15H22FN3O. The maximum absolute atomic E-state index is 13.6. The van der Waals surface area contributed by atoms with Gasteiger partial charge in [-0.05, 0) is 50.8 Å². The maximum Gasteiger partial charge on any atom is 0.256 e. The summed E-state index contributed by atoms with van der Waals surface area (Å²) in [7, 11) is 0. The molecule has 2 atom stereocenters. The molecule has 2 rings (SSSR count). The summed E-state index contributed by atoms with van der Waals surface area (Å²) in [6.07, 6.45) is 0.897. The fourth-order valence-electron chi connectivity index (χ4n) is 3.40. The van der Waals surface area contributed by atoms with Gasteiger partial charge in [0.25, 0.3) is 5.91 Å². The molecule has 110 valence electrons. The first-order chi connectivity index (χ1) is 9.27. The number of hydrogen-bond acceptors (Lipinski definition) is 3. The topological polar surface area (TPSA) is 58.4 Å². The highest BCUT2D eigenvalue weighted by molar-refractivity contribution is 5.85. The largest absolute Gasteiger partial charge is 0.354 e. The molecule has 0 fully saturated rings. The third-order valence-electron chi connectivity index (χ3n) is 4.15. The molecule has 1 heterocycles. The van der Waals surface area contributed by atoms with E-state index >= 15 is 0 Å². The summed E-state index contributed by atoms with van der Waals surface area (Å²) < 4.78 is 13.6. The highest BCUT2D eigenvalue weighted by Gasteiger charge is 2.40. The quantitative estimate of drug-likeness (QED) is 0.496. The fraction of sp³-hybridized carbons (Fsp3) is 0.533. The first-order valence-electron chi connectivity index (χ1n) is 6.87. The number of benzene rings is 1. The van der Waals surface area contributed by atoms with E-state index in [1.165, 1.54) is 12.1 Å². The van der Waals surface area contributed by atoms with Crippen LogP contribution < -0.4 is 16.2 Å². The van der Waals surface area contributed by atoms with Crippen LogP contribution in [0.25, 0.3) is 0 Å². The van der Waals surface area contributed by atoms with Crippen LogP contribution in [0.4, 0.5) is 10.1 Å². The minimum atomic E-state index is -0.456. The van der Waals surface area contributed by atoms with Gasteiger partial charge in [-0.3, -0.25) is 10.2 Å². The number of halogens is 1. The molecule has 0 aliphatic carbocycles. The van der Waals surface area contributed by atoms with Crippen molar-refractivity contribution < 1.29 is 9.18 Å². The van der Waals surface area contributed by atoms with Gasteiger partial charge in [0.15, 0.2) is 0 Å². The van der Waals surface area contributed by atoms with Crippen molar-refractivity contribution in [2.45, 2.75) is 51.6 Å². The first kappa shape index (κ1) is 14.8. The van der Waals surface area contributed by atoms with E-state index in [1.54, 1.807) is 6.92 Å². The average molecular weight is 279 g/mol. The number of rotatable bonds is 2. The Morgan fingerprint density at radius 2 is 2.20 bits per heavy atom. The second-order valence-electron chi connectivity index (χ2n) is 6.18. The van der Waals surface area contributed by atoms with Crippen LogP contribution in [-0.4, -0.2) is 17.5 Å². The van der Waals surface area contributed by atoms with E-state index < -0.39 is 6.04 Å². The van der Waals surface area contributed by atoms with Gasteiger partial charge in [0.1, 0.15) is 11.9 Å². The van der Waals surface area contributed by atoms with Crippen molar-refractivity contribution in [3.8, 4) is 0 Å². The number of amides is 1. The van der Waals surface area contributed by atoms with Gasteiger partial charge in [-0.1, -0.05) is 13.0 Å². The molecule has 0 saturated carbocycles. The van der Waals surface area contributed by atoms with Gasteiger partial charge < -0.3 is 4.90 Å². The third-order valence-corrected chi connectivity index (χ3v) is 4.15. The van der Waals surface area contributed by atoms with E-state index in [9.17, 15) is 9.18 Å². The predicted octanol–water partition coefficient (Wildman–Crippen LogP) is 2.30. The molecule has 0 saturated heterocycles. The molecule has 0 radical (unpaired) electrons.